The van der Waals surface area contributed by atoms with Crippen molar-refractivity contribution < 1.29 is 4.74 Å². The van der Waals surface area contributed by atoms with Gasteiger partial charge in [-0.25, -0.2) is 0 Å². The second-order valence-electron chi connectivity index (χ2n) is 5.48. The Labute approximate surface area is 113 Å². The summed E-state index contributed by atoms with van der Waals surface area (Å²) in [4.78, 5) is 0. The number of ether oxygens (including phenoxy) is 1. The highest BCUT2D eigenvalue weighted by atomic mass is 16.5. The van der Waals surface area contributed by atoms with Crippen molar-refractivity contribution in [3.05, 3.63) is 59.7 Å². The zero-order valence-electron chi connectivity index (χ0n) is 10.8. The van der Waals surface area contributed by atoms with Gasteiger partial charge in [0, 0.05) is 23.2 Å². The molecule has 2 unspecified atom stereocenters. The molecule has 96 valence electrons. The molecule has 0 aromatic heterocycles. The number of rotatable bonds is 2. The van der Waals surface area contributed by atoms with Gasteiger partial charge in [0.2, 0.25) is 0 Å². The summed E-state index contributed by atoms with van der Waals surface area (Å²) in [6.07, 6.45) is 2.28. The number of benzene rings is 2. The Morgan fingerprint density at radius 2 is 1.89 bits per heavy atom. The number of nitrogens with one attached hydrogen (secondary N) is 1. The largest absolute Gasteiger partial charge is 0.493 e. The van der Waals surface area contributed by atoms with Crippen LogP contribution < -0.4 is 10.1 Å². The third-order valence-corrected chi connectivity index (χ3v) is 4.21. The molecule has 2 nitrogen and oxygen atoms in total. The number of hydrogen-bond acceptors (Lipinski definition) is 2. The topological polar surface area (TPSA) is 21.3 Å². The van der Waals surface area contributed by atoms with E-state index in [-0.39, 0.29) is 0 Å². The molecule has 2 aliphatic rings. The summed E-state index contributed by atoms with van der Waals surface area (Å²) < 4.78 is 5.77. The maximum absolute atomic E-state index is 5.77. The van der Waals surface area contributed by atoms with Crippen LogP contribution in [0.3, 0.4) is 0 Å². The van der Waals surface area contributed by atoms with Crippen LogP contribution in [0.25, 0.3) is 0 Å². The van der Waals surface area contributed by atoms with E-state index in [1.165, 1.54) is 16.8 Å². The molecule has 2 aromatic rings. The highest BCUT2D eigenvalue weighted by molar-refractivity contribution is 5.56. The van der Waals surface area contributed by atoms with Crippen molar-refractivity contribution in [3.8, 4) is 5.75 Å². The molecule has 0 saturated heterocycles. The minimum Gasteiger partial charge on any atom is -0.493 e. The molecule has 2 heteroatoms. The fourth-order valence-corrected chi connectivity index (χ4v) is 3.29. The van der Waals surface area contributed by atoms with Crippen molar-refractivity contribution in [2.45, 2.75) is 24.8 Å². The molecule has 0 radical (unpaired) electrons. The zero-order valence-corrected chi connectivity index (χ0v) is 10.8. The number of hydrogen-bond donors (Lipinski definition) is 1. The Morgan fingerprint density at radius 1 is 1.05 bits per heavy atom. The molecule has 19 heavy (non-hydrogen) atoms. The molecule has 0 saturated carbocycles. The maximum Gasteiger partial charge on any atom is 0.122 e. The molecule has 2 heterocycles. The van der Waals surface area contributed by atoms with E-state index in [1.807, 2.05) is 6.07 Å². The van der Waals surface area contributed by atoms with Gasteiger partial charge in [-0.1, -0.05) is 36.4 Å². The molecular formula is C17H17NO. The maximum atomic E-state index is 5.77. The van der Waals surface area contributed by atoms with Crippen LogP contribution in [0.4, 0.5) is 5.69 Å². The number of fused-ring (bicyclic) bond motifs is 2. The lowest BCUT2D eigenvalue weighted by molar-refractivity contribution is 0.321. The van der Waals surface area contributed by atoms with Crippen molar-refractivity contribution in [1.82, 2.24) is 0 Å². The van der Waals surface area contributed by atoms with E-state index < -0.39 is 0 Å². The van der Waals surface area contributed by atoms with Crippen LogP contribution in [0.1, 0.15) is 23.5 Å². The van der Waals surface area contributed by atoms with Gasteiger partial charge in [-0.3, -0.25) is 0 Å². The van der Waals surface area contributed by atoms with Gasteiger partial charge >= 0.3 is 0 Å². The quantitative estimate of drug-likeness (QED) is 0.880. The summed E-state index contributed by atoms with van der Waals surface area (Å²) in [5, 5.41) is 3.64. The fourth-order valence-electron chi connectivity index (χ4n) is 3.29. The predicted molar refractivity (Wildman–Crippen MR) is 76.9 cm³/mol. The first-order valence-corrected chi connectivity index (χ1v) is 6.96. The minimum atomic E-state index is 0.531. The molecule has 2 aliphatic heterocycles. The van der Waals surface area contributed by atoms with Gasteiger partial charge < -0.3 is 10.1 Å². The molecule has 1 N–H and O–H groups in total. The third-order valence-electron chi connectivity index (χ3n) is 4.21. The molecule has 0 bridgehead atoms. The van der Waals surface area contributed by atoms with Crippen LogP contribution >= 0.6 is 0 Å². The lowest BCUT2D eigenvalue weighted by Gasteiger charge is -2.15. The lowest BCUT2D eigenvalue weighted by atomic mass is 9.93. The zero-order chi connectivity index (χ0) is 12.7. The van der Waals surface area contributed by atoms with Gasteiger partial charge in [-0.05, 0) is 30.5 Å². The van der Waals surface area contributed by atoms with E-state index in [0.717, 1.165) is 25.2 Å². The van der Waals surface area contributed by atoms with Gasteiger partial charge in [0.1, 0.15) is 5.75 Å². The van der Waals surface area contributed by atoms with Crippen LogP contribution in [0.2, 0.25) is 0 Å². The van der Waals surface area contributed by atoms with E-state index in [4.69, 9.17) is 4.74 Å². The first-order valence-electron chi connectivity index (χ1n) is 6.96. The monoisotopic (exact) mass is 251 g/mol. The summed E-state index contributed by atoms with van der Waals surface area (Å²) in [6.45, 7) is 0.827. The second kappa shape index (κ2) is 4.30. The van der Waals surface area contributed by atoms with Crippen LogP contribution in [0.5, 0.6) is 5.75 Å². The van der Waals surface area contributed by atoms with Crippen molar-refractivity contribution in [1.29, 1.82) is 0 Å². The smallest absolute Gasteiger partial charge is 0.122 e. The van der Waals surface area contributed by atoms with Crippen LogP contribution in [-0.4, -0.2) is 12.6 Å². The van der Waals surface area contributed by atoms with E-state index in [1.54, 1.807) is 0 Å². The molecule has 4 rings (SSSR count). The van der Waals surface area contributed by atoms with Gasteiger partial charge in [0.05, 0.1) is 6.61 Å². The van der Waals surface area contributed by atoms with E-state index in [9.17, 15) is 0 Å². The molecular weight excluding hydrogens is 234 g/mol. The van der Waals surface area contributed by atoms with E-state index >= 15 is 0 Å². The summed E-state index contributed by atoms with van der Waals surface area (Å²) >= 11 is 0. The number of para-hydroxylation sites is 2. The SMILES string of the molecule is c1ccc2c(c1)CC(CC1COc3ccccc31)N2. The second-order valence-corrected chi connectivity index (χ2v) is 5.48. The predicted octanol–water partition coefficient (Wildman–Crippen LogP) is 3.59. The van der Waals surface area contributed by atoms with Crippen LogP contribution in [0.15, 0.2) is 48.5 Å². The molecule has 2 aromatic carbocycles. The average Bonchev–Trinajstić information content (AvgIpc) is 3.03. The Hall–Kier alpha value is -1.96. The highest BCUT2D eigenvalue weighted by Crippen LogP contribution is 2.38. The molecule has 0 amide bonds. The summed E-state index contributed by atoms with van der Waals surface area (Å²) in [6, 6.07) is 17.6. The first-order chi connectivity index (χ1) is 9.40. The number of anilines is 1. The summed E-state index contributed by atoms with van der Waals surface area (Å²) in [5.41, 5.74) is 4.12. The van der Waals surface area contributed by atoms with Gasteiger partial charge in [-0.2, -0.15) is 0 Å². The molecule has 2 atom stereocenters. The molecule has 0 fully saturated rings. The third kappa shape index (κ3) is 1.88. The van der Waals surface area contributed by atoms with E-state index in [2.05, 4.69) is 47.8 Å². The summed E-state index contributed by atoms with van der Waals surface area (Å²) in [7, 11) is 0. The van der Waals surface area contributed by atoms with Gasteiger partial charge in [0.15, 0.2) is 0 Å². The van der Waals surface area contributed by atoms with Crippen LogP contribution in [0, 0.1) is 0 Å². The van der Waals surface area contributed by atoms with Gasteiger partial charge in [0.25, 0.3) is 0 Å². The van der Waals surface area contributed by atoms with Crippen molar-refractivity contribution in [3.63, 3.8) is 0 Å². The Morgan fingerprint density at radius 3 is 2.84 bits per heavy atom. The molecule has 0 spiro atoms. The standard InChI is InChI=1S/C17H17NO/c1-3-7-16-12(5-1)9-14(18-16)10-13-11-19-17-8-4-2-6-15(13)17/h1-8,13-14,18H,9-11H2. The Bertz CT molecular complexity index is 583. The Balaban J connectivity index is 1.50. The first kappa shape index (κ1) is 10.9. The normalized spacial score (nSPS) is 23.4. The van der Waals surface area contributed by atoms with Gasteiger partial charge in [-0.15, -0.1) is 0 Å². The van der Waals surface area contributed by atoms with E-state index in [0.29, 0.717) is 12.0 Å². The fraction of sp³-hybridized carbons (Fsp3) is 0.294. The van der Waals surface area contributed by atoms with Crippen molar-refractivity contribution >= 4 is 5.69 Å². The van der Waals surface area contributed by atoms with Crippen molar-refractivity contribution in [2.24, 2.45) is 0 Å². The minimum absolute atomic E-state index is 0.531. The summed E-state index contributed by atoms with van der Waals surface area (Å²) in [5.74, 6) is 1.60. The van der Waals surface area contributed by atoms with Crippen LogP contribution in [-0.2, 0) is 6.42 Å². The van der Waals surface area contributed by atoms with Crippen molar-refractivity contribution in [2.75, 3.05) is 11.9 Å². The average molecular weight is 251 g/mol. The molecule has 0 aliphatic carbocycles. The lowest BCUT2D eigenvalue weighted by Crippen LogP contribution is -2.19. The Kier molecular flexibility index (Phi) is 2.47. The highest BCUT2D eigenvalue weighted by Gasteiger charge is 2.29.